The second-order valence-electron chi connectivity index (χ2n) is 4.82. The summed E-state index contributed by atoms with van der Waals surface area (Å²) in [5, 5.41) is 0. The second kappa shape index (κ2) is 5.57. The Balaban J connectivity index is 2.11. The van der Waals surface area contributed by atoms with E-state index in [1.54, 1.807) is 13.4 Å². The number of hydrogen-bond donors (Lipinski definition) is 1. The summed E-state index contributed by atoms with van der Waals surface area (Å²) in [6, 6.07) is 5.93. The Morgan fingerprint density at radius 2 is 2.19 bits per heavy atom. The molecule has 3 aromatic rings. The van der Waals surface area contributed by atoms with E-state index in [0.717, 1.165) is 41.4 Å². The molecule has 0 aliphatic carbocycles. The van der Waals surface area contributed by atoms with E-state index in [0.29, 0.717) is 6.54 Å². The number of methoxy groups -OCH3 is 1. The first-order valence-corrected chi connectivity index (χ1v) is 7.03. The minimum absolute atomic E-state index is 0.594. The van der Waals surface area contributed by atoms with E-state index in [1.165, 1.54) is 0 Å². The maximum atomic E-state index is 5.57. The average molecular weight is 285 g/mol. The molecule has 0 saturated carbocycles. The maximum Gasteiger partial charge on any atom is 0.161 e. The number of nitrogens with zero attached hydrogens (tertiary/aromatic N) is 4. The van der Waals surface area contributed by atoms with Gasteiger partial charge in [-0.2, -0.15) is 0 Å². The molecule has 6 heteroatoms. The number of hydrogen-bond acceptors (Lipinski definition) is 4. The molecule has 1 aromatic carbocycles. The van der Waals surface area contributed by atoms with E-state index in [4.69, 9.17) is 15.5 Å². The van der Waals surface area contributed by atoms with Gasteiger partial charge in [0, 0.05) is 31.9 Å². The van der Waals surface area contributed by atoms with Gasteiger partial charge in [-0.25, -0.2) is 9.97 Å². The summed E-state index contributed by atoms with van der Waals surface area (Å²) in [4.78, 5) is 9.16. The quantitative estimate of drug-likeness (QED) is 0.777. The van der Waals surface area contributed by atoms with Gasteiger partial charge in [-0.15, -0.1) is 0 Å². The molecule has 0 aliphatic heterocycles. The second-order valence-corrected chi connectivity index (χ2v) is 4.82. The Morgan fingerprint density at radius 3 is 2.90 bits per heavy atom. The number of imidazole rings is 2. The van der Waals surface area contributed by atoms with Gasteiger partial charge in [-0.1, -0.05) is 0 Å². The maximum absolute atomic E-state index is 5.57. The first-order valence-electron chi connectivity index (χ1n) is 7.03. The molecule has 0 atom stereocenters. The lowest BCUT2D eigenvalue weighted by Crippen LogP contribution is -2.07. The van der Waals surface area contributed by atoms with E-state index >= 15 is 0 Å². The zero-order chi connectivity index (χ0) is 14.8. The fraction of sp³-hybridized carbons (Fsp3) is 0.333. The van der Waals surface area contributed by atoms with Crippen LogP contribution in [0.1, 0.15) is 6.92 Å². The lowest BCUT2D eigenvalue weighted by Gasteiger charge is -2.04. The van der Waals surface area contributed by atoms with Crippen LogP contribution in [0, 0.1) is 0 Å². The molecule has 0 unspecified atom stereocenters. The van der Waals surface area contributed by atoms with Crippen LogP contribution in [0.15, 0.2) is 30.7 Å². The van der Waals surface area contributed by atoms with Gasteiger partial charge in [0.1, 0.15) is 11.4 Å². The van der Waals surface area contributed by atoms with Crippen molar-refractivity contribution in [2.75, 3.05) is 13.7 Å². The highest BCUT2D eigenvalue weighted by Crippen LogP contribution is 2.26. The van der Waals surface area contributed by atoms with Crippen LogP contribution in [0.3, 0.4) is 0 Å². The van der Waals surface area contributed by atoms with Crippen molar-refractivity contribution in [3.63, 3.8) is 0 Å². The monoisotopic (exact) mass is 285 g/mol. The van der Waals surface area contributed by atoms with Gasteiger partial charge in [0.25, 0.3) is 0 Å². The van der Waals surface area contributed by atoms with Crippen LogP contribution in [0.5, 0.6) is 5.75 Å². The number of aryl methyl sites for hydroxylation is 1. The fourth-order valence-corrected chi connectivity index (χ4v) is 2.50. The van der Waals surface area contributed by atoms with E-state index < -0.39 is 0 Å². The van der Waals surface area contributed by atoms with Crippen molar-refractivity contribution < 1.29 is 4.74 Å². The summed E-state index contributed by atoms with van der Waals surface area (Å²) in [7, 11) is 1.66. The molecule has 0 amide bonds. The van der Waals surface area contributed by atoms with Crippen LogP contribution in [0.25, 0.3) is 22.6 Å². The highest BCUT2D eigenvalue weighted by atomic mass is 16.5. The van der Waals surface area contributed by atoms with Crippen LogP contribution >= 0.6 is 0 Å². The van der Waals surface area contributed by atoms with Crippen molar-refractivity contribution in [3.05, 3.63) is 30.7 Å². The highest BCUT2D eigenvalue weighted by molar-refractivity contribution is 5.81. The van der Waals surface area contributed by atoms with Gasteiger partial charge in [-0.3, -0.25) is 0 Å². The minimum Gasteiger partial charge on any atom is -0.497 e. The zero-order valence-electron chi connectivity index (χ0n) is 12.3. The summed E-state index contributed by atoms with van der Waals surface area (Å²) >= 11 is 0. The van der Waals surface area contributed by atoms with Crippen molar-refractivity contribution in [2.45, 2.75) is 20.0 Å². The SMILES string of the molecule is CCn1c(-c2cn(CCN)cn2)nc2cc(OC)ccc21. The Hall–Kier alpha value is -2.34. The Morgan fingerprint density at radius 1 is 1.33 bits per heavy atom. The molecular weight excluding hydrogens is 266 g/mol. The largest absolute Gasteiger partial charge is 0.497 e. The van der Waals surface area contributed by atoms with Gasteiger partial charge in [0.15, 0.2) is 5.82 Å². The van der Waals surface area contributed by atoms with E-state index in [1.807, 2.05) is 29.0 Å². The molecule has 21 heavy (non-hydrogen) atoms. The lowest BCUT2D eigenvalue weighted by molar-refractivity contribution is 0.415. The topological polar surface area (TPSA) is 70.9 Å². The molecular formula is C15H19N5O. The molecule has 0 aliphatic rings. The van der Waals surface area contributed by atoms with Gasteiger partial charge in [-0.05, 0) is 19.1 Å². The third kappa shape index (κ3) is 2.38. The summed E-state index contributed by atoms with van der Waals surface area (Å²) in [5.41, 5.74) is 8.44. The third-order valence-electron chi connectivity index (χ3n) is 3.52. The normalized spacial score (nSPS) is 11.2. The molecule has 0 radical (unpaired) electrons. The highest BCUT2D eigenvalue weighted by Gasteiger charge is 2.14. The predicted octanol–water partition coefficient (Wildman–Crippen LogP) is 1.89. The van der Waals surface area contributed by atoms with E-state index in [-0.39, 0.29) is 0 Å². The van der Waals surface area contributed by atoms with Gasteiger partial charge >= 0.3 is 0 Å². The molecule has 6 nitrogen and oxygen atoms in total. The van der Waals surface area contributed by atoms with Crippen molar-refractivity contribution in [1.29, 1.82) is 0 Å². The molecule has 0 saturated heterocycles. The first-order chi connectivity index (χ1) is 10.3. The molecule has 110 valence electrons. The molecule has 2 heterocycles. The van der Waals surface area contributed by atoms with E-state index in [2.05, 4.69) is 16.5 Å². The van der Waals surface area contributed by atoms with Crippen LogP contribution in [0.2, 0.25) is 0 Å². The van der Waals surface area contributed by atoms with Crippen molar-refractivity contribution in [3.8, 4) is 17.3 Å². The zero-order valence-corrected chi connectivity index (χ0v) is 12.3. The number of fused-ring (bicyclic) bond motifs is 1. The predicted molar refractivity (Wildman–Crippen MR) is 82.2 cm³/mol. The van der Waals surface area contributed by atoms with Crippen LogP contribution in [-0.2, 0) is 13.1 Å². The number of nitrogens with two attached hydrogens (primary N) is 1. The third-order valence-corrected chi connectivity index (χ3v) is 3.52. The van der Waals surface area contributed by atoms with Crippen molar-refractivity contribution in [2.24, 2.45) is 5.73 Å². The molecule has 0 spiro atoms. The standard InChI is InChI=1S/C15H19N5O/c1-3-20-14-5-4-11(21-2)8-12(14)18-15(20)13-9-19(7-6-16)10-17-13/h4-5,8-10H,3,6-7,16H2,1-2H3. The molecule has 0 fully saturated rings. The summed E-state index contributed by atoms with van der Waals surface area (Å²) in [6.07, 6.45) is 3.78. The Kier molecular flexibility index (Phi) is 3.62. The number of benzene rings is 1. The Bertz CT molecular complexity index is 759. The number of aromatic nitrogens is 4. The molecule has 0 bridgehead atoms. The van der Waals surface area contributed by atoms with Gasteiger partial charge < -0.3 is 19.6 Å². The Labute approximate surface area is 123 Å². The smallest absolute Gasteiger partial charge is 0.161 e. The molecule has 2 aromatic heterocycles. The average Bonchev–Trinajstić information content (AvgIpc) is 3.10. The summed E-state index contributed by atoms with van der Waals surface area (Å²) in [5.74, 6) is 1.68. The summed E-state index contributed by atoms with van der Waals surface area (Å²) < 4.78 is 9.40. The molecule has 3 rings (SSSR count). The van der Waals surface area contributed by atoms with Crippen molar-refractivity contribution >= 4 is 11.0 Å². The van der Waals surface area contributed by atoms with Gasteiger partial charge in [0.2, 0.25) is 0 Å². The van der Waals surface area contributed by atoms with Crippen molar-refractivity contribution in [1.82, 2.24) is 19.1 Å². The summed E-state index contributed by atoms with van der Waals surface area (Å²) in [6.45, 7) is 4.29. The van der Waals surface area contributed by atoms with Crippen LogP contribution < -0.4 is 10.5 Å². The van der Waals surface area contributed by atoms with E-state index in [9.17, 15) is 0 Å². The fourth-order valence-electron chi connectivity index (χ4n) is 2.50. The van der Waals surface area contributed by atoms with Crippen LogP contribution in [-0.4, -0.2) is 32.8 Å². The minimum atomic E-state index is 0.594. The van der Waals surface area contributed by atoms with Crippen LogP contribution in [0.4, 0.5) is 0 Å². The lowest BCUT2D eigenvalue weighted by atomic mass is 10.3. The number of rotatable bonds is 5. The molecule has 2 N–H and O–H groups in total. The van der Waals surface area contributed by atoms with Gasteiger partial charge in [0.05, 0.1) is 24.5 Å². The first kappa shape index (κ1) is 13.6. The number of ether oxygens (including phenoxy) is 1.